The predicted octanol–water partition coefficient (Wildman–Crippen LogP) is 3.99. The lowest BCUT2D eigenvalue weighted by Crippen LogP contribution is -2.16. The third-order valence-corrected chi connectivity index (χ3v) is 3.74. The van der Waals surface area contributed by atoms with Gasteiger partial charge in [0.2, 0.25) is 0 Å². The van der Waals surface area contributed by atoms with Crippen molar-refractivity contribution in [3.8, 4) is 5.75 Å². The van der Waals surface area contributed by atoms with E-state index in [4.69, 9.17) is 4.74 Å². The van der Waals surface area contributed by atoms with E-state index in [2.05, 4.69) is 12.2 Å². The molecule has 0 bridgehead atoms. The zero-order valence-corrected chi connectivity index (χ0v) is 13.8. The predicted molar refractivity (Wildman–Crippen MR) is 93.0 cm³/mol. The Hall–Kier alpha value is -2.82. The standard InChI is InChI=1S/C19H21NO4/c1-3-4-7-13-10-11-16(17(12-13)24-2)20-18(21)14-8-5-6-9-15(14)19(22)23/h5-6,8-12H,3-4,7H2,1-2H3,(H,20,21)(H,22,23). The maximum atomic E-state index is 12.4. The van der Waals surface area contributed by atoms with E-state index in [-0.39, 0.29) is 11.1 Å². The number of carbonyl (C=O) groups excluding carboxylic acids is 1. The quantitative estimate of drug-likeness (QED) is 0.806. The normalized spacial score (nSPS) is 10.2. The Balaban J connectivity index is 2.24. The molecule has 0 saturated carbocycles. The number of carboxylic acid groups (broad SMARTS) is 1. The van der Waals surface area contributed by atoms with E-state index in [1.165, 1.54) is 12.1 Å². The van der Waals surface area contributed by atoms with Crippen LogP contribution in [0.1, 0.15) is 46.0 Å². The lowest BCUT2D eigenvalue weighted by molar-refractivity contribution is 0.0692. The minimum atomic E-state index is -1.14. The van der Waals surface area contributed by atoms with Gasteiger partial charge in [-0.3, -0.25) is 4.79 Å². The Morgan fingerprint density at radius 2 is 1.83 bits per heavy atom. The first-order valence-corrected chi connectivity index (χ1v) is 7.87. The van der Waals surface area contributed by atoms with Crippen LogP contribution in [-0.4, -0.2) is 24.1 Å². The number of rotatable bonds is 7. The van der Waals surface area contributed by atoms with Gasteiger partial charge in [-0.1, -0.05) is 31.5 Å². The molecule has 0 radical (unpaired) electrons. The molecule has 0 atom stereocenters. The topological polar surface area (TPSA) is 75.6 Å². The van der Waals surface area contributed by atoms with Gasteiger partial charge in [0.05, 0.1) is 23.9 Å². The second-order valence-electron chi connectivity index (χ2n) is 5.44. The lowest BCUT2D eigenvalue weighted by atomic mass is 10.1. The number of aryl methyl sites for hydroxylation is 1. The third-order valence-electron chi connectivity index (χ3n) is 3.74. The van der Waals surface area contributed by atoms with Crippen LogP contribution >= 0.6 is 0 Å². The van der Waals surface area contributed by atoms with Crippen LogP contribution in [0.4, 0.5) is 5.69 Å². The zero-order chi connectivity index (χ0) is 17.5. The van der Waals surface area contributed by atoms with Gasteiger partial charge in [0.25, 0.3) is 5.91 Å². The van der Waals surface area contributed by atoms with Crippen molar-refractivity contribution in [1.29, 1.82) is 0 Å². The number of benzene rings is 2. The third kappa shape index (κ3) is 4.13. The van der Waals surface area contributed by atoms with Crippen LogP contribution in [0.2, 0.25) is 0 Å². The fourth-order valence-electron chi connectivity index (χ4n) is 2.43. The molecule has 0 spiro atoms. The fourth-order valence-corrected chi connectivity index (χ4v) is 2.43. The summed E-state index contributed by atoms with van der Waals surface area (Å²) in [7, 11) is 1.54. The van der Waals surface area contributed by atoms with Crippen LogP contribution in [0.5, 0.6) is 5.75 Å². The van der Waals surface area contributed by atoms with Crippen LogP contribution in [0, 0.1) is 0 Å². The van der Waals surface area contributed by atoms with E-state index < -0.39 is 11.9 Å². The number of carbonyl (C=O) groups is 2. The number of unbranched alkanes of at least 4 members (excludes halogenated alkanes) is 1. The first-order chi connectivity index (χ1) is 11.6. The molecule has 5 nitrogen and oxygen atoms in total. The summed E-state index contributed by atoms with van der Waals surface area (Å²) in [5.41, 5.74) is 1.73. The van der Waals surface area contributed by atoms with E-state index in [1.807, 2.05) is 12.1 Å². The number of nitrogens with one attached hydrogen (secondary N) is 1. The lowest BCUT2D eigenvalue weighted by Gasteiger charge is -2.13. The van der Waals surface area contributed by atoms with Gasteiger partial charge in [-0.2, -0.15) is 0 Å². The summed E-state index contributed by atoms with van der Waals surface area (Å²) in [6.07, 6.45) is 3.14. The summed E-state index contributed by atoms with van der Waals surface area (Å²) in [5, 5.41) is 11.9. The summed E-state index contributed by atoms with van der Waals surface area (Å²) in [5.74, 6) is -1.06. The van der Waals surface area contributed by atoms with Gasteiger partial charge in [-0.05, 0) is 42.7 Å². The molecule has 0 aliphatic rings. The molecule has 0 aliphatic carbocycles. The van der Waals surface area contributed by atoms with Crippen LogP contribution in [0.15, 0.2) is 42.5 Å². The number of hydrogen-bond donors (Lipinski definition) is 2. The largest absolute Gasteiger partial charge is 0.495 e. The highest BCUT2D eigenvalue weighted by Crippen LogP contribution is 2.27. The van der Waals surface area contributed by atoms with Crippen molar-refractivity contribution < 1.29 is 19.4 Å². The SMILES string of the molecule is CCCCc1ccc(NC(=O)c2ccccc2C(=O)O)c(OC)c1. The molecule has 0 aliphatic heterocycles. The monoisotopic (exact) mass is 327 g/mol. The molecule has 126 valence electrons. The molecule has 5 heteroatoms. The minimum Gasteiger partial charge on any atom is -0.495 e. The fraction of sp³-hybridized carbons (Fsp3) is 0.263. The van der Waals surface area contributed by atoms with Crippen molar-refractivity contribution in [3.63, 3.8) is 0 Å². The number of ether oxygens (including phenoxy) is 1. The van der Waals surface area contributed by atoms with Gasteiger partial charge in [0.1, 0.15) is 5.75 Å². The zero-order valence-electron chi connectivity index (χ0n) is 13.8. The summed E-state index contributed by atoms with van der Waals surface area (Å²) in [4.78, 5) is 23.7. The van der Waals surface area contributed by atoms with E-state index in [0.29, 0.717) is 11.4 Å². The molecule has 0 saturated heterocycles. The van der Waals surface area contributed by atoms with Crippen molar-refractivity contribution in [2.24, 2.45) is 0 Å². The number of aromatic carboxylic acids is 1. The van der Waals surface area contributed by atoms with E-state index in [0.717, 1.165) is 24.8 Å². The number of carboxylic acids is 1. The second-order valence-corrected chi connectivity index (χ2v) is 5.44. The summed E-state index contributed by atoms with van der Waals surface area (Å²) >= 11 is 0. The molecule has 2 aromatic rings. The highest BCUT2D eigenvalue weighted by molar-refractivity contribution is 6.11. The van der Waals surface area contributed by atoms with Crippen molar-refractivity contribution in [2.75, 3.05) is 12.4 Å². The van der Waals surface area contributed by atoms with Crippen molar-refractivity contribution in [2.45, 2.75) is 26.2 Å². The Bertz CT molecular complexity index is 740. The first-order valence-electron chi connectivity index (χ1n) is 7.87. The molecular formula is C19H21NO4. The smallest absolute Gasteiger partial charge is 0.336 e. The molecule has 0 aromatic heterocycles. The van der Waals surface area contributed by atoms with Gasteiger partial charge in [0, 0.05) is 0 Å². The second kappa shape index (κ2) is 8.15. The van der Waals surface area contributed by atoms with Gasteiger partial charge in [0.15, 0.2) is 0 Å². The summed E-state index contributed by atoms with van der Waals surface area (Å²) < 4.78 is 5.35. The van der Waals surface area contributed by atoms with E-state index in [1.54, 1.807) is 25.3 Å². The minimum absolute atomic E-state index is 0.0338. The van der Waals surface area contributed by atoms with Gasteiger partial charge < -0.3 is 15.2 Å². The average Bonchev–Trinajstić information content (AvgIpc) is 2.60. The highest BCUT2D eigenvalue weighted by Gasteiger charge is 2.17. The molecule has 0 heterocycles. The molecule has 0 unspecified atom stereocenters. The van der Waals surface area contributed by atoms with Crippen LogP contribution in [0.25, 0.3) is 0 Å². The first kappa shape index (κ1) is 17.5. The van der Waals surface area contributed by atoms with Crippen LogP contribution < -0.4 is 10.1 Å². The van der Waals surface area contributed by atoms with Gasteiger partial charge >= 0.3 is 5.97 Å². The molecule has 24 heavy (non-hydrogen) atoms. The number of anilines is 1. The number of methoxy groups -OCH3 is 1. The average molecular weight is 327 g/mol. The van der Waals surface area contributed by atoms with E-state index >= 15 is 0 Å². The summed E-state index contributed by atoms with van der Waals surface area (Å²) in [6.45, 7) is 2.13. The van der Waals surface area contributed by atoms with E-state index in [9.17, 15) is 14.7 Å². The molecule has 0 fully saturated rings. The number of amides is 1. The van der Waals surface area contributed by atoms with Gasteiger partial charge in [-0.25, -0.2) is 4.79 Å². The molecule has 2 rings (SSSR count). The summed E-state index contributed by atoms with van der Waals surface area (Å²) in [6, 6.07) is 11.7. The molecule has 2 aromatic carbocycles. The Morgan fingerprint density at radius 1 is 1.12 bits per heavy atom. The van der Waals surface area contributed by atoms with Crippen molar-refractivity contribution in [1.82, 2.24) is 0 Å². The van der Waals surface area contributed by atoms with Crippen LogP contribution in [-0.2, 0) is 6.42 Å². The Morgan fingerprint density at radius 3 is 2.46 bits per heavy atom. The maximum Gasteiger partial charge on any atom is 0.336 e. The molecule has 2 N–H and O–H groups in total. The van der Waals surface area contributed by atoms with Crippen molar-refractivity contribution >= 4 is 17.6 Å². The number of hydrogen-bond acceptors (Lipinski definition) is 3. The molecule has 1 amide bonds. The van der Waals surface area contributed by atoms with Crippen LogP contribution in [0.3, 0.4) is 0 Å². The highest BCUT2D eigenvalue weighted by atomic mass is 16.5. The Labute approximate surface area is 141 Å². The van der Waals surface area contributed by atoms with Crippen molar-refractivity contribution in [3.05, 3.63) is 59.2 Å². The Kier molecular flexibility index (Phi) is 5.95. The molecular weight excluding hydrogens is 306 g/mol. The maximum absolute atomic E-state index is 12.4. The van der Waals surface area contributed by atoms with Gasteiger partial charge in [-0.15, -0.1) is 0 Å².